The molecule has 98 valence electrons. The molecule has 1 atom stereocenters. The minimum Gasteiger partial charge on any atom is -0.363 e. The van der Waals surface area contributed by atoms with Gasteiger partial charge in [0.25, 0.3) is 0 Å². The van der Waals surface area contributed by atoms with E-state index in [4.69, 9.17) is 0 Å². The number of hydrogen-bond acceptors (Lipinski definition) is 3. The number of nitrogens with zero attached hydrogens (tertiary/aromatic N) is 4. The Balaban J connectivity index is 2.04. The first-order chi connectivity index (χ1) is 8.61. The molecule has 0 spiro atoms. The second kappa shape index (κ2) is 5.25. The van der Waals surface area contributed by atoms with Crippen LogP contribution in [0.4, 0.5) is 5.82 Å². The normalized spacial score (nSPS) is 12.7. The van der Waals surface area contributed by atoms with Gasteiger partial charge in [-0.15, -0.1) is 0 Å². The Bertz CT molecular complexity index is 492. The third kappa shape index (κ3) is 2.55. The van der Waals surface area contributed by atoms with Gasteiger partial charge in [-0.3, -0.25) is 9.36 Å². The molecule has 2 aromatic heterocycles. The lowest BCUT2D eigenvalue weighted by atomic mass is 10.2. The summed E-state index contributed by atoms with van der Waals surface area (Å²) in [6.07, 6.45) is 2.93. The lowest BCUT2D eigenvalue weighted by Crippen LogP contribution is -2.12. The van der Waals surface area contributed by atoms with E-state index in [1.165, 1.54) is 5.69 Å². The number of anilines is 1. The number of rotatable bonds is 5. The summed E-state index contributed by atoms with van der Waals surface area (Å²) in [6, 6.07) is 4.53. The highest BCUT2D eigenvalue weighted by atomic mass is 15.3. The van der Waals surface area contributed by atoms with Crippen molar-refractivity contribution in [1.82, 2.24) is 19.6 Å². The van der Waals surface area contributed by atoms with Gasteiger partial charge < -0.3 is 5.32 Å². The fourth-order valence-electron chi connectivity index (χ4n) is 1.88. The van der Waals surface area contributed by atoms with Crippen LogP contribution in [0.3, 0.4) is 0 Å². The first-order valence-corrected chi connectivity index (χ1v) is 6.38. The van der Waals surface area contributed by atoms with Crippen molar-refractivity contribution in [3.05, 3.63) is 29.7 Å². The third-order valence-electron chi connectivity index (χ3n) is 3.32. The van der Waals surface area contributed by atoms with Gasteiger partial charge in [0.05, 0.1) is 12.2 Å². The van der Waals surface area contributed by atoms with Gasteiger partial charge in [-0.1, -0.05) is 6.92 Å². The highest BCUT2D eigenvalue weighted by Gasteiger charge is 2.08. The smallest absolute Gasteiger partial charge is 0.148 e. The predicted molar refractivity (Wildman–Crippen MR) is 72.5 cm³/mol. The molecule has 0 bridgehead atoms. The van der Waals surface area contributed by atoms with Gasteiger partial charge in [0.2, 0.25) is 0 Å². The van der Waals surface area contributed by atoms with Crippen LogP contribution in [0.2, 0.25) is 0 Å². The van der Waals surface area contributed by atoms with Crippen molar-refractivity contribution in [1.29, 1.82) is 0 Å². The number of aromatic nitrogens is 4. The van der Waals surface area contributed by atoms with Crippen LogP contribution in [0.1, 0.15) is 37.7 Å². The monoisotopic (exact) mass is 247 g/mol. The summed E-state index contributed by atoms with van der Waals surface area (Å²) in [5.41, 5.74) is 2.33. The van der Waals surface area contributed by atoms with Gasteiger partial charge in [-0.05, 0) is 26.3 Å². The molecule has 5 nitrogen and oxygen atoms in total. The Morgan fingerprint density at radius 3 is 2.83 bits per heavy atom. The maximum absolute atomic E-state index is 4.38. The van der Waals surface area contributed by atoms with Crippen LogP contribution in [0.15, 0.2) is 18.3 Å². The van der Waals surface area contributed by atoms with E-state index in [0.717, 1.165) is 24.5 Å². The molecule has 0 aliphatic heterocycles. The van der Waals surface area contributed by atoms with Gasteiger partial charge >= 0.3 is 0 Å². The van der Waals surface area contributed by atoms with Crippen molar-refractivity contribution in [3.8, 4) is 0 Å². The van der Waals surface area contributed by atoms with Crippen molar-refractivity contribution in [2.45, 2.75) is 39.8 Å². The Morgan fingerprint density at radius 1 is 1.44 bits per heavy atom. The van der Waals surface area contributed by atoms with E-state index in [1.807, 2.05) is 30.9 Å². The number of hydrogen-bond donors (Lipinski definition) is 1. The maximum atomic E-state index is 4.38. The lowest BCUT2D eigenvalue weighted by molar-refractivity contribution is 0.462. The molecule has 0 saturated heterocycles. The van der Waals surface area contributed by atoms with Gasteiger partial charge in [-0.2, -0.15) is 10.2 Å². The number of aryl methyl sites for hydroxylation is 2. The molecule has 0 aromatic carbocycles. The van der Waals surface area contributed by atoms with E-state index in [9.17, 15) is 0 Å². The van der Waals surface area contributed by atoms with E-state index in [0.29, 0.717) is 6.04 Å². The molecule has 0 unspecified atom stereocenters. The van der Waals surface area contributed by atoms with Crippen molar-refractivity contribution in [3.63, 3.8) is 0 Å². The Kier molecular flexibility index (Phi) is 3.69. The molecular weight excluding hydrogens is 226 g/mol. The fraction of sp³-hybridized carbons (Fsp3) is 0.538. The summed E-state index contributed by atoms with van der Waals surface area (Å²) in [4.78, 5) is 0. The zero-order valence-electron chi connectivity index (χ0n) is 11.5. The van der Waals surface area contributed by atoms with E-state index < -0.39 is 0 Å². The number of nitrogens with one attached hydrogen (secondary N) is 1. The molecule has 5 heteroatoms. The molecule has 18 heavy (non-hydrogen) atoms. The highest BCUT2D eigenvalue weighted by Crippen LogP contribution is 2.14. The maximum Gasteiger partial charge on any atom is 0.148 e. The molecule has 0 fully saturated rings. The lowest BCUT2D eigenvalue weighted by Gasteiger charge is -2.13. The van der Waals surface area contributed by atoms with Gasteiger partial charge in [0.15, 0.2) is 0 Å². The molecule has 0 amide bonds. The van der Waals surface area contributed by atoms with Crippen LogP contribution in [0, 0.1) is 6.92 Å². The van der Waals surface area contributed by atoms with Crippen LogP contribution in [-0.2, 0) is 13.6 Å². The third-order valence-corrected chi connectivity index (χ3v) is 3.32. The minimum atomic E-state index is 0.433. The van der Waals surface area contributed by atoms with Crippen LogP contribution >= 0.6 is 0 Å². The van der Waals surface area contributed by atoms with Crippen molar-refractivity contribution in [2.24, 2.45) is 7.05 Å². The molecule has 0 radical (unpaired) electrons. The standard InChI is InChI=1S/C13H21N5/c1-5-10(2)18-12(6-7-15-18)9-14-13-8-11(3)17(4)16-13/h6-8,10H,5,9H2,1-4H3,(H,14,16)/t10-/m1/s1. The molecule has 0 aliphatic rings. The predicted octanol–water partition coefficient (Wildman–Crippen LogP) is 2.51. The van der Waals surface area contributed by atoms with Gasteiger partial charge in [0.1, 0.15) is 5.82 Å². The Hall–Kier alpha value is -1.78. The average Bonchev–Trinajstić information content (AvgIpc) is 2.93. The zero-order valence-corrected chi connectivity index (χ0v) is 11.5. The molecule has 2 aromatic rings. The van der Waals surface area contributed by atoms with Crippen LogP contribution in [0.25, 0.3) is 0 Å². The zero-order chi connectivity index (χ0) is 13.1. The van der Waals surface area contributed by atoms with E-state index in [1.54, 1.807) is 0 Å². The average molecular weight is 247 g/mol. The van der Waals surface area contributed by atoms with E-state index in [2.05, 4.69) is 40.1 Å². The summed E-state index contributed by atoms with van der Waals surface area (Å²) in [5.74, 6) is 0.909. The molecule has 1 N–H and O–H groups in total. The van der Waals surface area contributed by atoms with Crippen molar-refractivity contribution in [2.75, 3.05) is 5.32 Å². The van der Waals surface area contributed by atoms with Gasteiger partial charge in [0, 0.05) is 31.0 Å². The van der Waals surface area contributed by atoms with Gasteiger partial charge in [-0.25, -0.2) is 0 Å². The first-order valence-electron chi connectivity index (χ1n) is 6.38. The second-order valence-electron chi connectivity index (χ2n) is 4.67. The van der Waals surface area contributed by atoms with Crippen molar-refractivity contribution >= 4 is 5.82 Å². The second-order valence-corrected chi connectivity index (χ2v) is 4.67. The molecular formula is C13H21N5. The summed E-state index contributed by atoms with van der Waals surface area (Å²) < 4.78 is 3.94. The summed E-state index contributed by atoms with van der Waals surface area (Å²) in [5, 5.41) is 12.1. The molecule has 0 saturated carbocycles. The highest BCUT2D eigenvalue weighted by molar-refractivity contribution is 5.35. The Morgan fingerprint density at radius 2 is 2.22 bits per heavy atom. The summed E-state index contributed by atoms with van der Waals surface area (Å²) >= 11 is 0. The van der Waals surface area contributed by atoms with E-state index >= 15 is 0 Å². The summed E-state index contributed by atoms with van der Waals surface area (Å²) in [6.45, 7) is 7.15. The first kappa shape index (κ1) is 12.7. The van der Waals surface area contributed by atoms with Crippen molar-refractivity contribution < 1.29 is 0 Å². The molecule has 0 aliphatic carbocycles. The van der Waals surface area contributed by atoms with Crippen LogP contribution in [0.5, 0.6) is 0 Å². The largest absolute Gasteiger partial charge is 0.363 e. The molecule has 2 rings (SSSR count). The SMILES string of the molecule is CC[C@@H](C)n1nccc1CNc1cc(C)n(C)n1. The topological polar surface area (TPSA) is 47.7 Å². The summed E-state index contributed by atoms with van der Waals surface area (Å²) in [7, 11) is 1.95. The minimum absolute atomic E-state index is 0.433. The van der Waals surface area contributed by atoms with Crippen LogP contribution < -0.4 is 5.32 Å². The molecule has 2 heterocycles. The van der Waals surface area contributed by atoms with E-state index in [-0.39, 0.29) is 0 Å². The fourth-order valence-corrected chi connectivity index (χ4v) is 1.88. The Labute approximate surface area is 108 Å². The van der Waals surface area contributed by atoms with Crippen LogP contribution in [-0.4, -0.2) is 19.6 Å². The quantitative estimate of drug-likeness (QED) is 0.883.